The summed E-state index contributed by atoms with van der Waals surface area (Å²) in [7, 11) is 0. The molecule has 4 rings (SSSR count). The van der Waals surface area contributed by atoms with Gasteiger partial charge in [0.25, 0.3) is 0 Å². The molecule has 0 aliphatic heterocycles. The third-order valence-corrected chi connectivity index (χ3v) is 4.48. The van der Waals surface area contributed by atoms with Crippen LogP contribution >= 0.6 is 0 Å². The first kappa shape index (κ1) is 17.3. The number of H-pyrrole nitrogens is 1. The van der Waals surface area contributed by atoms with Crippen molar-refractivity contribution in [2.24, 2.45) is 0 Å². The SMILES string of the molecule is C=CC(=O)Nc1cccc(-c2cnc3[nH]cc(-c4cccc(C#N)c4)c3c2)c1. The van der Waals surface area contributed by atoms with Crippen LogP contribution in [0, 0.1) is 11.3 Å². The number of carbonyl (C=O) groups is 1. The van der Waals surface area contributed by atoms with Gasteiger partial charge in [-0.1, -0.05) is 30.8 Å². The van der Waals surface area contributed by atoms with E-state index in [1.165, 1.54) is 6.08 Å². The largest absolute Gasteiger partial charge is 0.346 e. The molecule has 0 unspecified atom stereocenters. The van der Waals surface area contributed by atoms with Crippen molar-refractivity contribution >= 4 is 22.6 Å². The molecule has 2 aromatic carbocycles. The van der Waals surface area contributed by atoms with Gasteiger partial charge in [-0.25, -0.2) is 4.98 Å². The summed E-state index contributed by atoms with van der Waals surface area (Å²) in [4.78, 5) is 19.3. The number of nitrogens with zero attached hydrogens (tertiary/aromatic N) is 2. The van der Waals surface area contributed by atoms with Gasteiger partial charge in [0.05, 0.1) is 11.6 Å². The van der Waals surface area contributed by atoms with Gasteiger partial charge in [0.2, 0.25) is 5.91 Å². The van der Waals surface area contributed by atoms with Crippen LogP contribution in [0.1, 0.15) is 5.56 Å². The average Bonchev–Trinajstić information content (AvgIpc) is 3.17. The Labute approximate surface area is 162 Å². The fourth-order valence-corrected chi connectivity index (χ4v) is 3.13. The highest BCUT2D eigenvalue weighted by Gasteiger charge is 2.10. The lowest BCUT2D eigenvalue weighted by molar-refractivity contribution is -0.111. The van der Waals surface area contributed by atoms with Gasteiger partial charge in [0, 0.05) is 34.6 Å². The van der Waals surface area contributed by atoms with Crippen molar-refractivity contribution in [3.63, 3.8) is 0 Å². The fraction of sp³-hybridized carbons (Fsp3) is 0. The Bertz CT molecular complexity index is 1250. The lowest BCUT2D eigenvalue weighted by Crippen LogP contribution is -2.06. The van der Waals surface area contributed by atoms with E-state index in [-0.39, 0.29) is 5.91 Å². The van der Waals surface area contributed by atoms with Crippen molar-refractivity contribution in [1.82, 2.24) is 9.97 Å². The number of fused-ring (bicyclic) bond motifs is 1. The number of hydrogen-bond donors (Lipinski definition) is 2. The van der Waals surface area contributed by atoms with Crippen LogP contribution in [0.4, 0.5) is 5.69 Å². The molecule has 4 aromatic rings. The van der Waals surface area contributed by atoms with Gasteiger partial charge in [0.1, 0.15) is 5.65 Å². The molecule has 134 valence electrons. The van der Waals surface area contributed by atoms with Gasteiger partial charge >= 0.3 is 0 Å². The number of anilines is 1. The Kier molecular flexibility index (Phi) is 4.45. The fourth-order valence-electron chi connectivity index (χ4n) is 3.13. The third kappa shape index (κ3) is 3.27. The Morgan fingerprint density at radius 2 is 1.93 bits per heavy atom. The van der Waals surface area contributed by atoms with Gasteiger partial charge in [-0.3, -0.25) is 4.79 Å². The predicted molar refractivity (Wildman–Crippen MR) is 111 cm³/mol. The summed E-state index contributed by atoms with van der Waals surface area (Å²) in [6.07, 6.45) is 4.93. The molecule has 2 N–H and O–H groups in total. The Balaban J connectivity index is 1.78. The molecule has 0 atom stereocenters. The van der Waals surface area contributed by atoms with E-state index >= 15 is 0 Å². The van der Waals surface area contributed by atoms with E-state index in [2.05, 4.69) is 34.0 Å². The number of carbonyl (C=O) groups excluding carboxylic acids is 1. The molecule has 0 aliphatic rings. The Morgan fingerprint density at radius 3 is 2.75 bits per heavy atom. The third-order valence-electron chi connectivity index (χ3n) is 4.48. The maximum atomic E-state index is 11.6. The summed E-state index contributed by atoms with van der Waals surface area (Å²) in [5, 5.41) is 12.9. The summed E-state index contributed by atoms with van der Waals surface area (Å²) in [5.41, 5.74) is 5.89. The van der Waals surface area contributed by atoms with Crippen LogP contribution < -0.4 is 5.32 Å². The van der Waals surface area contributed by atoms with Gasteiger partial charge in [0.15, 0.2) is 0 Å². The summed E-state index contributed by atoms with van der Waals surface area (Å²) in [6.45, 7) is 3.47. The molecule has 0 radical (unpaired) electrons. The number of hydrogen-bond acceptors (Lipinski definition) is 3. The molecule has 1 amide bonds. The molecule has 2 heterocycles. The zero-order valence-corrected chi connectivity index (χ0v) is 14.9. The van der Waals surface area contributed by atoms with E-state index in [9.17, 15) is 4.79 Å². The minimum atomic E-state index is -0.254. The smallest absolute Gasteiger partial charge is 0.247 e. The standard InChI is InChI=1S/C23H16N4O/c1-2-22(28)27-19-8-4-6-16(10-19)18-11-20-21(14-26-23(20)25-13-18)17-7-3-5-15(9-17)12-24/h2-11,13-14H,1H2,(H,25,26)(H,27,28). The topological polar surface area (TPSA) is 81.6 Å². The van der Waals surface area contributed by atoms with E-state index < -0.39 is 0 Å². The first-order valence-electron chi connectivity index (χ1n) is 8.69. The number of aromatic amines is 1. The highest BCUT2D eigenvalue weighted by molar-refractivity contribution is 5.99. The lowest BCUT2D eigenvalue weighted by atomic mass is 10.0. The lowest BCUT2D eigenvalue weighted by Gasteiger charge is -2.07. The second-order valence-corrected chi connectivity index (χ2v) is 6.29. The number of nitriles is 1. The highest BCUT2D eigenvalue weighted by atomic mass is 16.1. The quantitative estimate of drug-likeness (QED) is 0.506. The molecule has 0 spiro atoms. The first-order chi connectivity index (χ1) is 13.7. The zero-order valence-electron chi connectivity index (χ0n) is 14.9. The van der Waals surface area contributed by atoms with Crippen molar-refractivity contribution in [3.8, 4) is 28.3 Å². The first-order valence-corrected chi connectivity index (χ1v) is 8.69. The number of amides is 1. The maximum absolute atomic E-state index is 11.6. The molecule has 0 saturated carbocycles. The van der Waals surface area contributed by atoms with Crippen molar-refractivity contribution in [3.05, 3.63) is 85.2 Å². The molecule has 5 nitrogen and oxygen atoms in total. The molecule has 0 aliphatic carbocycles. The Morgan fingerprint density at radius 1 is 1.11 bits per heavy atom. The van der Waals surface area contributed by atoms with Crippen LogP contribution in [0.25, 0.3) is 33.3 Å². The van der Waals surface area contributed by atoms with Crippen molar-refractivity contribution in [1.29, 1.82) is 5.26 Å². The summed E-state index contributed by atoms with van der Waals surface area (Å²) in [5.74, 6) is -0.254. The van der Waals surface area contributed by atoms with Crippen LogP contribution in [0.3, 0.4) is 0 Å². The summed E-state index contributed by atoms with van der Waals surface area (Å²) >= 11 is 0. The highest BCUT2D eigenvalue weighted by Crippen LogP contribution is 2.32. The minimum absolute atomic E-state index is 0.254. The van der Waals surface area contributed by atoms with Gasteiger partial charge in [-0.05, 0) is 47.5 Å². The van der Waals surface area contributed by atoms with E-state index in [1.807, 2.05) is 48.7 Å². The molecular formula is C23H16N4O. The van der Waals surface area contributed by atoms with E-state index in [0.29, 0.717) is 11.3 Å². The van der Waals surface area contributed by atoms with Gasteiger partial charge < -0.3 is 10.3 Å². The minimum Gasteiger partial charge on any atom is -0.346 e. The van der Waals surface area contributed by atoms with Crippen LogP contribution in [0.15, 0.2) is 79.6 Å². The van der Waals surface area contributed by atoms with Gasteiger partial charge in [-0.15, -0.1) is 0 Å². The number of nitrogens with one attached hydrogen (secondary N) is 2. The second-order valence-electron chi connectivity index (χ2n) is 6.29. The van der Waals surface area contributed by atoms with E-state index in [1.54, 1.807) is 12.3 Å². The Hall–Kier alpha value is -4.17. The van der Waals surface area contributed by atoms with E-state index in [0.717, 1.165) is 33.3 Å². The van der Waals surface area contributed by atoms with Crippen LogP contribution in [-0.2, 0) is 4.79 Å². The summed E-state index contributed by atoms with van der Waals surface area (Å²) in [6, 6.07) is 19.3. The maximum Gasteiger partial charge on any atom is 0.247 e. The molecule has 28 heavy (non-hydrogen) atoms. The molecule has 5 heteroatoms. The van der Waals surface area contributed by atoms with E-state index in [4.69, 9.17) is 5.26 Å². The number of aromatic nitrogens is 2. The molecular weight excluding hydrogens is 348 g/mol. The molecule has 0 bridgehead atoms. The van der Waals surface area contributed by atoms with Crippen molar-refractivity contribution in [2.75, 3.05) is 5.32 Å². The molecule has 0 fully saturated rings. The number of rotatable bonds is 4. The summed E-state index contributed by atoms with van der Waals surface area (Å²) < 4.78 is 0. The predicted octanol–water partition coefficient (Wildman–Crippen LogP) is 4.89. The van der Waals surface area contributed by atoms with Crippen molar-refractivity contribution < 1.29 is 4.79 Å². The van der Waals surface area contributed by atoms with Crippen LogP contribution in [-0.4, -0.2) is 15.9 Å². The monoisotopic (exact) mass is 364 g/mol. The normalized spacial score (nSPS) is 10.4. The number of pyridine rings is 1. The molecule has 2 aromatic heterocycles. The van der Waals surface area contributed by atoms with Crippen LogP contribution in [0.5, 0.6) is 0 Å². The van der Waals surface area contributed by atoms with Crippen LogP contribution in [0.2, 0.25) is 0 Å². The van der Waals surface area contributed by atoms with Gasteiger partial charge in [-0.2, -0.15) is 5.26 Å². The zero-order chi connectivity index (χ0) is 19.5. The number of benzene rings is 2. The average molecular weight is 364 g/mol. The molecule has 0 saturated heterocycles. The second kappa shape index (κ2) is 7.22. The van der Waals surface area contributed by atoms with Crippen molar-refractivity contribution in [2.45, 2.75) is 0 Å².